The number of carbonyl (C=O) groups excluding carboxylic acids is 2. The Morgan fingerprint density at radius 3 is 2.91 bits per heavy atom. The molecule has 6 nitrogen and oxygen atoms in total. The molecule has 1 fully saturated rings. The monoisotopic (exact) mass is 301 g/mol. The maximum Gasteiger partial charge on any atom is 0.294 e. The Labute approximate surface area is 127 Å². The van der Waals surface area contributed by atoms with Gasteiger partial charge in [-0.1, -0.05) is 5.92 Å². The van der Waals surface area contributed by atoms with E-state index in [4.69, 9.17) is 14.2 Å². The van der Waals surface area contributed by atoms with Crippen LogP contribution in [0.4, 0.5) is 5.69 Å². The normalized spacial score (nSPS) is 18.8. The highest BCUT2D eigenvalue weighted by Crippen LogP contribution is 2.31. The molecule has 0 bridgehead atoms. The predicted molar refractivity (Wildman–Crippen MR) is 77.5 cm³/mol. The summed E-state index contributed by atoms with van der Waals surface area (Å²) in [5, 5.41) is 0. The van der Waals surface area contributed by atoms with E-state index in [1.54, 1.807) is 24.1 Å². The van der Waals surface area contributed by atoms with Crippen molar-refractivity contribution in [3.05, 3.63) is 23.8 Å². The van der Waals surface area contributed by atoms with Crippen molar-refractivity contribution in [3.8, 4) is 17.6 Å². The number of benzene rings is 1. The molecular formula is C16H15NO5. The zero-order chi connectivity index (χ0) is 15.6. The van der Waals surface area contributed by atoms with Crippen molar-refractivity contribution >= 4 is 18.1 Å². The second kappa shape index (κ2) is 5.70. The molecule has 1 aromatic rings. The van der Waals surface area contributed by atoms with Crippen LogP contribution in [-0.2, 0) is 19.1 Å². The number of amides is 1. The fraction of sp³-hybridized carbons (Fsp3) is 0.375. The van der Waals surface area contributed by atoms with Gasteiger partial charge in [-0.3, -0.25) is 9.59 Å². The van der Waals surface area contributed by atoms with Crippen molar-refractivity contribution in [1.29, 1.82) is 0 Å². The van der Waals surface area contributed by atoms with E-state index >= 15 is 0 Å². The van der Waals surface area contributed by atoms with Crippen LogP contribution in [0.5, 0.6) is 5.75 Å². The molecule has 1 aromatic carbocycles. The molecular weight excluding hydrogens is 286 g/mol. The number of anilines is 1. The highest BCUT2D eigenvalue weighted by Gasteiger charge is 2.39. The van der Waals surface area contributed by atoms with E-state index in [-0.39, 0.29) is 19.1 Å². The van der Waals surface area contributed by atoms with Crippen LogP contribution in [-0.4, -0.2) is 44.8 Å². The first kappa shape index (κ1) is 14.4. The second-order valence-corrected chi connectivity index (χ2v) is 5.18. The number of hydrogen-bond donors (Lipinski definition) is 0. The van der Waals surface area contributed by atoms with E-state index in [0.29, 0.717) is 36.5 Å². The molecule has 114 valence electrons. The molecule has 3 rings (SSSR count). The molecule has 2 aliphatic rings. The van der Waals surface area contributed by atoms with Gasteiger partial charge >= 0.3 is 0 Å². The summed E-state index contributed by atoms with van der Waals surface area (Å²) in [6.07, 6.45) is 0.347. The second-order valence-electron chi connectivity index (χ2n) is 5.18. The van der Waals surface area contributed by atoms with Gasteiger partial charge in [0.2, 0.25) is 11.5 Å². The van der Waals surface area contributed by atoms with Gasteiger partial charge in [-0.05, 0) is 24.1 Å². The van der Waals surface area contributed by atoms with Gasteiger partial charge in [-0.25, -0.2) is 0 Å². The third kappa shape index (κ3) is 2.63. The topological polar surface area (TPSA) is 65.1 Å². The van der Waals surface area contributed by atoms with Gasteiger partial charge in [-0.15, -0.1) is 0 Å². The molecule has 22 heavy (non-hydrogen) atoms. The smallest absolute Gasteiger partial charge is 0.294 e. The van der Waals surface area contributed by atoms with Crippen LogP contribution in [0.25, 0.3) is 0 Å². The molecule has 1 saturated heterocycles. The minimum absolute atomic E-state index is 0.00277. The van der Waals surface area contributed by atoms with Crippen molar-refractivity contribution in [2.45, 2.75) is 12.0 Å². The molecule has 6 heteroatoms. The summed E-state index contributed by atoms with van der Waals surface area (Å²) in [5.74, 6) is 6.55. The molecule has 0 N–H and O–H groups in total. The highest BCUT2D eigenvalue weighted by atomic mass is 16.6. The highest BCUT2D eigenvalue weighted by molar-refractivity contribution is 5.95. The van der Waals surface area contributed by atoms with Crippen LogP contribution in [0.3, 0.4) is 0 Å². The van der Waals surface area contributed by atoms with Crippen LogP contribution in [0.15, 0.2) is 18.2 Å². The number of nitrogens with zero attached hydrogens (tertiary/aromatic N) is 1. The summed E-state index contributed by atoms with van der Waals surface area (Å²) >= 11 is 0. The maximum absolute atomic E-state index is 11.9. The molecule has 0 radical (unpaired) electrons. The summed E-state index contributed by atoms with van der Waals surface area (Å²) in [5.41, 5.74) is 0.543. The molecule has 0 saturated carbocycles. The lowest BCUT2D eigenvalue weighted by atomic mass is 10.0. The SMILES string of the molecule is CN1C(=O)CCOc2ccc(C#CC3(OC=O)COC3)cc21. The van der Waals surface area contributed by atoms with Gasteiger partial charge in [0.1, 0.15) is 19.0 Å². The third-order valence-corrected chi connectivity index (χ3v) is 3.65. The third-order valence-electron chi connectivity index (χ3n) is 3.65. The Hall–Kier alpha value is -2.52. The Morgan fingerprint density at radius 1 is 1.41 bits per heavy atom. The van der Waals surface area contributed by atoms with Gasteiger partial charge in [0, 0.05) is 12.6 Å². The van der Waals surface area contributed by atoms with Gasteiger partial charge in [-0.2, -0.15) is 0 Å². The van der Waals surface area contributed by atoms with Crippen LogP contribution in [0, 0.1) is 11.8 Å². The summed E-state index contributed by atoms with van der Waals surface area (Å²) in [6.45, 7) is 1.29. The zero-order valence-corrected chi connectivity index (χ0v) is 12.1. The average molecular weight is 301 g/mol. The van der Waals surface area contributed by atoms with E-state index in [2.05, 4.69) is 11.8 Å². The molecule has 1 amide bonds. The Morgan fingerprint density at radius 2 is 2.23 bits per heavy atom. The van der Waals surface area contributed by atoms with Gasteiger partial charge in [0.15, 0.2) is 0 Å². The first-order chi connectivity index (χ1) is 10.6. The van der Waals surface area contributed by atoms with Crippen molar-refractivity contribution in [1.82, 2.24) is 0 Å². The number of hydrogen-bond acceptors (Lipinski definition) is 5. The molecule has 0 aromatic heterocycles. The number of ether oxygens (including phenoxy) is 3. The molecule has 0 atom stereocenters. The summed E-state index contributed by atoms with van der Waals surface area (Å²) in [4.78, 5) is 24.0. The maximum atomic E-state index is 11.9. The predicted octanol–water partition coefficient (Wildman–Crippen LogP) is 0.725. The minimum Gasteiger partial charge on any atom is -0.491 e. The van der Waals surface area contributed by atoms with Crippen LogP contribution < -0.4 is 9.64 Å². The molecule has 2 heterocycles. The van der Waals surface area contributed by atoms with Crippen LogP contribution >= 0.6 is 0 Å². The van der Waals surface area contributed by atoms with Crippen molar-refractivity contribution in [2.75, 3.05) is 31.8 Å². The van der Waals surface area contributed by atoms with Crippen molar-refractivity contribution in [2.24, 2.45) is 0 Å². The molecule has 0 aliphatic carbocycles. The molecule has 0 unspecified atom stereocenters. The fourth-order valence-corrected chi connectivity index (χ4v) is 2.26. The van der Waals surface area contributed by atoms with Crippen molar-refractivity contribution < 1.29 is 23.8 Å². The average Bonchev–Trinajstić information content (AvgIpc) is 2.62. The molecule has 0 spiro atoms. The quantitative estimate of drug-likeness (QED) is 0.595. The number of carbonyl (C=O) groups is 2. The first-order valence-electron chi connectivity index (χ1n) is 6.89. The van der Waals surface area contributed by atoms with Crippen LogP contribution in [0.2, 0.25) is 0 Å². The van der Waals surface area contributed by atoms with E-state index in [1.807, 2.05) is 6.07 Å². The summed E-state index contributed by atoms with van der Waals surface area (Å²) in [7, 11) is 1.71. The fourth-order valence-electron chi connectivity index (χ4n) is 2.26. The van der Waals surface area contributed by atoms with Gasteiger partial charge < -0.3 is 19.1 Å². The molecule has 2 aliphatic heterocycles. The Kier molecular flexibility index (Phi) is 3.73. The van der Waals surface area contributed by atoms with E-state index in [1.165, 1.54) is 0 Å². The Bertz CT molecular complexity index is 669. The van der Waals surface area contributed by atoms with Crippen molar-refractivity contribution in [3.63, 3.8) is 0 Å². The van der Waals surface area contributed by atoms with E-state index < -0.39 is 5.60 Å². The Balaban J connectivity index is 1.89. The minimum atomic E-state index is -0.854. The largest absolute Gasteiger partial charge is 0.491 e. The van der Waals surface area contributed by atoms with Crippen LogP contribution in [0.1, 0.15) is 12.0 Å². The number of fused-ring (bicyclic) bond motifs is 1. The summed E-state index contributed by atoms with van der Waals surface area (Å²) in [6, 6.07) is 5.39. The first-order valence-corrected chi connectivity index (χ1v) is 6.89. The summed E-state index contributed by atoms with van der Waals surface area (Å²) < 4.78 is 15.6. The van der Waals surface area contributed by atoms with E-state index in [9.17, 15) is 9.59 Å². The van der Waals surface area contributed by atoms with Gasteiger partial charge in [0.05, 0.1) is 18.7 Å². The lowest BCUT2D eigenvalue weighted by Gasteiger charge is -2.34. The zero-order valence-electron chi connectivity index (χ0n) is 12.1. The van der Waals surface area contributed by atoms with Gasteiger partial charge in [0.25, 0.3) is 6.47 Å². The number of rotatable bonds is 2. The lowest BCUT2D eigenvalue weighted by Crippen LogP contribution is -2.50. The van der Waals surface area contributed by atoms with E-state index in [0.717, 1.165) is 0 Å². The standard InChI is InChI=1S/C16H15NO5/c1-17-13-8-12(2-3-14(13)21-7-5-15(17)19)4-6-16(22-11-18)9-20-10-16/h2-3,8,11H,5,7,9-10H2,1H3. The lowest BCUT2D eigenvalue weighted by molar-refractivity contribution is -0.179.